The first-order valence-corrected chi connectivity index (χ1v) is 6.57. The number of carbonyl (C=O) groups excluding carboxylic acids is 1. The molecule has 3 nitrogen and oxygen atoms in total. The van der Waals surface area contributed by atoms with Crippen molar-refractivity contribution in [1.29, 1.82) is 0 Å². The summed E-state index contributed by atoms with van der Waals surface area (Å²) in [6.45, 7) is 3.97. The van der Waals surface area contributed by atoms with Crippen molar-refractivity contribution in [1.82, 2.24) is 5.32 Å². The average Bonchev–Trinajstić information content (AvgIpc) is 2.37. The van der Waals surface area contributed by atoms with E-state index in [0.29, 0.717) is 10.0 Å². The van der Waals surface area contributed by atoms with E-state index in [1.807, 2.05) is 13.8 Å². The quantitative estimate of drug-likeness (QED) is 0.848. The van der Waals surface area contributed by atoms with E-state index < -0.39 is 12.0 Å². The van der Waals surface area contributed by atoms with E-state index in [1.165, 1.54) is 19.2 Å². The van der Waals surface area contributed by atoms with Gasteiger partial charge in [0.25, 0.3) is 0 Å². The Labute approximate surface area is 115 Å². The van der Waals surface area contributed by atoms with E-state index in [9.17, 15) is 9.18 Å². The van der Waals surface area contributed by atoms with Crippen molar-refractivity contribution in [2.75, 3.05) is 7.11 Å². The van der Waals surface area contributed by atoms with Crippen LogP contribution in [-0.4, -0.2) is 19.1 Å². The van der Waals surface area contributed by atoms with Gasteiger partial charge in [-0.05, 0) is 37.1 Å². The molecule has 0 aliphatic heterocycles. The minimum absolute atomic E-state index is 0.129. The Morgan fingerprint density at radius 3 is 2.78 bits per heavy atom. The van der Waals surface area contributed by atoms with Crippen LogP contribution in [0, 0.1) is 5.82 Å². The molecule has 1 N–H and O–H groups in total. The largest absolute Gasteiger partial charge is 0.468 e. The molecular weight excluding hydrogens is 301 g/mol. The Morgan fingerprint density at radius 1 is 1.56 bits per heavy atom. The topological polar surface area (TPSA) is 38.3 Å². The predicted molar refractivity (Wildman–Crippen MR) is 71.7 cm³/mol. The molecule has 1 aromatic rings. The van der Waals surface area contributed by atoms with Gasteiger partial charge in [-0.15, -0.1) is 0 Å². The molecule has 0 aliphatic carbocycles. The molecule has 0 radical (unpaired) electrons. The Hall–Kier alpha value is -0.940. The number of nitrogens with one attached hydrogen (secondary N) is 1. The van der Waals surface area contributed by atoms with Gasteiger partial charge in [-0.2, -0.15) is 0 Å². The van der Waals surface area contributed by atoms with Crippen molar-refractivity contribution in [3.63, 3.8) is 0 Å². The van der Waals surface area contributed by atoms with Crippen LogP contribution >= 0.6 is 15.9 Å². The lowest BCUT2D eigenvalue weighted by molar-refractivity contribution is -0.143. The highest BCUT2D eigenvalue weighted by Gasteiger charge is 2.25. The molecule has 0 bridgehead atoms. The van der Waals surface area contributed by atoms with Crippen LogP contribution in [0.3, 0.4) is 0 Å². The molecule has 0 aliphatic rings. The molecule has 2 unspecified atom stereocenters. The Balaban J connectivity index is 3.08. The summed E-state index contributed by atoms with van der Waals surface area (Å²) in [5.41, 5.74) is 0.544. The molecule has 0 aromatic heterocycles. The van der Waals surface area contributed by atoms with Crippen LogP contribution in [0.4, 0.5) is 4.39 Å². The molecule has 0 heterocycles. The molecule has 2 atom stereocenters. The van der Waals surface area contributed by atoms with Crippen LogP contribution in [0.1, 0.15) is 31.9 Å². The van der Waals surface area contributed by atoms with Gasteiger partial charge in [-0.3, -0.25) is 5.32 Å². The molecule has 18 heavy (non-hydrogen) atoms. The van der Waals surface area contributed by atoms with E-state index in [-0.39, 0.29) is 11.9 Å². The SMILES string of the molecule is CCC(C)NC(C(=O)OC)c1cc(F)ccc1Br. The summed E-state index contributed by atoms with van der Waals surface area (Å²) in [5, 5.41) is 3.13. The van der Waals surface area contributed by atoms with Crippen molar-refractivity contribution in [2.24, 2.45) is 0 Å². The van der Waals surface area contributed by atoms with Gasteiger partial charge in [-0.1, -0.05) is 22.9 Å². The molecule has 1 rings (SSSR count). The maximum absolute atomic E-state index is 13.3. The van der Waals surface area contributed by atoms with Gasteiger partial charge in [0, 0.05) is 10.5 Å². The maximum Gasteiger partial charge on any atom is 0.327 e. The van der Waals surface area contributed by atoms with E-state index >= 15 is 0 Å². The number of ether oxygens (including phenoxy) is 1. The third-order valence-corrected chi connectivity index (χ3v) is 3.49. The second-order valence-electron chi connectivity index (χ2n) is 4.10. The highest BCUT2D eigenvalue weighted by atomic mass is 79.9. The number of methoxy groups -OCH3 is 1. The summed E-state index contributed by atoms with van der Waals surface area (Å²) < 4.78 is 18.7. The van der Waals surface area contributed by atoms with Crippen LogP contribution < -0.4 is 5.32 Å². The smallest absolute Gasteiger partial charge is 0.327 e. The Bertz CT molecular complexity index is 425. The molecule has 1 aromatic carbocycles. The van der Waals surface area contributed by atoms with Gasteiger partial charge in [0.15, 0.2) is 0 Å². The summed E-state index contributed by atoms with van der Waals surface area (Å²) in [6, 6.07) is 3.71. The highest BCUT2D eigenvalue weighted by molar-refractivity contribution is 9.10. The number of rotatable bonds is 5. The highest BCUT2D eigenvalue weighted by Crippen LogP contribution is 2.26. The zero-order valence-electron chi connectivity index (χ0n) is 10.7. The Kier molecular flexibility index (Phi) is 5.75. The van der Waals surface area contributed by atoms with Crippen molar-refractivity contribution in [3.8, 4) is 0 Å². The zero-order chi connectivity index (χ0) is 13.7. The lowest BCUT2D eigenvalue weighted by Gasteiger charge is -2.22. The summed E-state index contributed by atoms with van der Waals surface area (Å²) in [6.07, 6.45) is 0.862. The number of benzene rings is 1. The fourth-order valence-electron chi connectivity index (χ4n) is 1.54. The first kappa shape index (κ1) is 15.1. The number of hydrogen-bond donors (Lipinski definition) is 1. The summed E-state index contributed by atoms with van der Waals surface area (Å²) in [5.74, 6) is -0.811. The standard InChI is InChI=1S/C13H17BrFNO2/c1-4-8(2)16-12(13(17)18-3)10-7-9(15)5-6-11(10)14/h5-8,12,16H,4H2,1-3H3. The molecule has 100 valence electrons. The van der Waals surface area contributed by atoms with E-state index in [1.54, 1.807) is 6.07 Å². The minimum Gasteiger partial charge on any atom is -0.468 e. The van der Waals surface area contributed by atoms with Gasteiger partial charge in [0.05, 0.1) is 7.11 Å². The number of carbonyl (C=O) groups is 1. The first-order valence-electron chi connectivity index (χ1n) is 5.78. The van der Waals surface area contributed by atoms with Crippen molar-refractivity contribution >= 4 is 21.9 Å². The molecule has 0 fully saturated rings. The second kappa shape index (κ2) is 6.85. The lowest BCUT2D eigenvalue weighted by Crippen LogP contribution is -2.36. The minimum atomic E-state index is -0.671. The second-order valence-corrected chi connectivity index (χ2v) is 4.95. The average molecular weight is 318 g/mol. The molecular formula is C13H17BrFNO2. The summed E-state index contributed by atoms with van der Waals surface area (Å²) >= 11 is 3.33. The van der Waals surface area contributed by atoms with Crippen molar-refractivity contribution in [2.45, 2.75) is 32.4 Å². The van der Waals surface area contributed by atoms with E-state index in [2.05, 4.69) is 21.2 Å². The zero-order valence-corrected chi connectivity index (χ0v) is 12.3. The van der Waals surface area contributed by atoms with Crippen molar-refractivity contribution < 1.29 is 13.9 Å². The Morgan fingerprint density at radius 2 is 2.22 bits per heavy atom. The third-order valence-electron chi connectivity index (χ3n) is 2.77. The van der Waals surface area contributed by atoms with Gasteiger partial charge in [-0.25, -0.2) is 9.18 Å². The van der Waals surface area contributed by atoms with Gasteiger partial charge < -0.3 is 4.74 Å². The summed E-state index contributed by atoms with van der Waals surface area (Å²) in [4.78, 5) is 11.8. The third kappa shape index (κ3) is 3.78. The van der Waals surface area contributed by atoms with Crippen LogP contribution in [0.25, 0.3) is 0 Å². The number of halogens is 2. The van der Waals surface area contributed by atoms with E-state index in [4.69, 9.17) is 4.74 Å². The van der Waals surface area contributed by atoms with Crippen molar-refractivity contribution in [3.05, 3.63) is 34.1 Å². The predicted octanol–water partition coefficient (Wildman–Crippen LogP) is 3.19. The summed E-state index contributed by atoms with van der Waals surface area (Å²) in [7, 11) is 1.32. The van der Waals surface area contributed by atoms with Gasteiger partial charge in [0.2, 0.25) is 0 Å². The molecule has 0 amide bonds. The van der Waals surface area contributed by atoms with Crippen LogP contribution in [0.15, 0.2) is 22.7 Å². The molecule has 0 spiro atoms. The van der Waals surface area contributed by atoms with Gasteiger partial charge >= 0.3 is 5.97 Å². The number of esters is 1. The lowest BCUT2D eigenvalue weighted by atomic mass is 10.1. The monoisotopic (exact) mass is 317 g/mol. The van der Waals surface area contributed by atoms with E-state index in [0.717, 1.165) is 6.42 Å². The van der Waals surface area contributed by atoms with Crippen LogP contribution in [0.5, 0.6) is 0 Å². The molecule has 0 saturated carbocycles. The normalized spacial score (nSPS) is 14.1. The fourth-order valence-corrected chi connectivity index (χ4v) is 2.02. The first-order chi connectivity index (χ1) is 8.49. The number of hydrogen-bond acceptors (Lipinski definition) is 3. The maximum atomic E-state index is 13.3. The van der Waals surface area contributed by atoms with Crippen LogP contribution in [-0.2, 0) is 9.53 Å². The fraction of sp³-hybridized carbons (Fsp3) is 0.462. The molecule has 5 heteroatoms. The van der Waals surface area contributed by atoms with Gasteiger partial charge in [0.1, 0.15) is 11.9 Å². The molecule has 0 saturated heterocycles. The van der Waals surface area contributed by atoms with Crippen LogP contribution in [0.2, 0.25) is 0 Å².